The van der Waals surface area contributed by atoms with Gasteiger partial charge in [0.25, 0.3) is 0 Å². The number of ether oxygens (including phenoxy) is 2. The summed E-state index contributed by atoms with van der Waals surface area (Å²) in [4.78, 5) is 4.55. The van der Waals surface area contributed by atoms with Gasteiger partial charge in [-0.2, -0.15) is 5.26 Å². The lowest BCUT2D eigenvalue weighted by Gasteiger charge is -2.12. The van der Waals surface area contributed by atoms with Crippen LogP contribution in [0.15, 0.2) is 53.5 Å². The van der Waals surface area contributed by atoms with Crippen LogP contribution in [0.25, 0.3) is 0 Å². The molecule has 0 aliphatic rings. The number of guanidine groups is 1. The summed E-state index contributed by atoms with van der Waals surface area (Å²) in [6.45, 7) is 4.49. The first kappa shape index (κ1) is 19.1. The van der Waals surface area contributed by atoms with E-state index in [0.717, 1.165) is 29.6 Å². The second kappa shape index (κ2) is 10.6. The van der Waals surface area contributed by atoms with Crippen LogP contribution in [0.5, 0.6) is 11.5 Å². The first-order valence-electron chi connectivity index (χ1n) is 8.53. The zero-order chi connectivity index (χ0) is 18.6. The van der Waals surface area contributed by atoms with Crippen LogP contribution in [0.4, 0.5) is 0 Å². The van der Waals surface area contributed by atoms with Crippen LogP contribution in [-0.4, -0.2) is 32.8 Å². The third-order valence-electron chi connectivity index (χ3n) is 3.57. The van der Waals surface area contributed by atoms with Gasteiger partial charge in [-0.3, -0.25) is 0 Å². The lowest BCUT2D eigenvalue weighted by molar-refractivity contribution is 0.321. The summed E-state index contributed by atoms with van der Waals surface area (Å²) in [5.41, 5.74) is 1.70. The van der Waals surface area contributed by atoms with Crippen LogP contribution in [0, 0.1) is 11.3 Å². The monoisotopic (exact) mass is 352 g/mol. The van der Waals surface area contributed by atoms with E-state index in [2.05, 4.69) is 21.7 Å². The molecule has 0 saturated heterocycles. The standard InChI is InChI=1S/C20H24N4O2/c1-3-22-20(24-15-17-6-4-16(14-21)5-7-17)23-12-13-26-19-10-8-18(25-2)9-11-19/h4-11H,3,12-13,15H2,1-2H3,(H2,22,23,24). The van der Waals surface area contributed by atoms with E-state index in [-0.39, 0.29) is 0 Å². The van der Waals surface area contributed by atoms with E-state index in [0.29, 0.717) is 25.3 Å². The quantitative estimate of drug-likeness (QED) is 0.434. The summed E-state index contributed by atoms with van der Waals surface area (Å²) in [7, 11) is 1.64. The van der Waals surface area contributed by atoms with Crippen molar-refractivity contribution in [2.24, 2.45) is 4.99 Å². The third kappa shape index (κ3) is 6.36. The van der Waals surface area contributed by atoms with Crippen molar-refractivity contribution in [3.8, 4) is 17.6 Å². The molecule has 0 spiro atoms. The maximum Gasteiger partial charge on any atom is 0.191 e. The fourth-order valence-electron chi connectivity index (χ4n) is 2.21. The lowest BCUT2D eigenvalue weighted by Crippen LogP contribution is -2.39. The number of hydrogen-bond donors (Lipinski definition) is 2. The first-order chi connectivity index (χ1) is 12.7. The molecule has 2 aromatic carbocycles. The van der Waals surface area contributed by atoms with Crippen molar-refractivity contribution in [3.05, 3.63) is 59.7 Å². The highest BCUT2D eigenvalue weighted by Crippen LogP contribution is 2.16. The Hall–Kier alpha value is -3.20. The number of nitriles is 1. The Morgan fingerprint density at radius 3 is 2.35 bits per heavy atom. The average Bonchev–Trinajstić information content (AvgIpc) is 2.70. The van der Waals surface area contributed by atoms with Crippen LogP contribution < -0.4 is 20.1 Å². The molecular weight excluding hydrogens is 328 g/mol. The zero-order valence-electron chi connectivity index (χ0n) is 15.2. The minimum Gasteiger partial charge on any atom is -0.497 e. The Bertz CT molecular complexity index is 734. The second-order valence-electron chi connectivity index (χ2n) is 5.45. The van der Waals surface area contributed by atoms with Crippen molar-refractivity contribution in [3.63, 3.8) is 0 Å². The van der Waals surface area contributed by atoms with Crippen LogP contribution >= 0.6 is 0 Å². The van der Waals surface area contributed by atoms with E-state index in [1.807, 2.05) is 43.3 Å². The van der Waals surface area contributed by atoms with E-state index in [1.165, 1.54) is 0 Å². The van der Waals surface area contributed by atoms with Gasteiger partial charge >= 0.3 is 0 Å². The summed E-state index contributed by atoms with van der Waals surface area (Å²) in [5, 5.41) is 15.3. The Balaban J connectivity index is 1.79. The van der Waals surface area contributed by atoms with Gasteiger partial charge in [-0.15, -0.1) is 0 Å². The Kier molecular flexibility index (Phi) is 7.81. The van der Waals surface area contributed by atoms with Gasteiger partial charge < -0.3 is 20.1 Å². The third-order valence-corrected chi connectivity index (χ3v) is 3.57. The molecule has 0 aliphatic carbocycles. The van der Waals surface area contributed by atoms with Gasteiger partial charge in [-0.1, -0.05) is 12.1 Å². The molecule has 0 aromatic heterocycles. The van der Waals surface area contributed by atoms with Gasteiger partial charge in [-0.25, -0.2) is 4.99 Å². The molecule has 26 heavy (non-hydrogen) atoms. The van der Waals surface area contributed by atoms with E-state index in [1.54, 1.807) is 19.2 Å². The number of aliphatic imine (C=N–C) groups is 1. The van der Waals surface area contributed by atoms with Crippen molar-refractivity contribution in [2.45, 2.75) is 13.5 Å². The SMILES string of the molecule is CCNC(=NCc1ccc(C#N)cc1)NCCOc1ccc(OC)cc1. The molecule has 0 amide bonds. The molecule has 0 saturated carbocycles. The molecule has 6 nitrogen and oxygen atoms in total. The summed E-state index contributed by atoms with van der Waals surface area (Å²) in [5.74, 6) is 2.34. The predicted octanol–water partition coefficient (Wildman–Crippen LogP) is 2.70. The highest BCUT2D eigenvalue weighted by atomic mass is 16.5. The van der Waals surface area contributed by atoms with Crippen molar-refractivity contribution < 1.29 is 9.47 Å². The predicted molar refractivity (Wildman–Crippen MR) is 102 cm³/mol. The van der Waals surface area contributed by atoms with E-state index in [4.69, 9.17) is 14.7 Å². The maximum atomic E-state index is 8.83. The number of methoxy groups -OCH3 is 1. The number of benzene rings is 2. The molecule has 0 radical (unpaired) electrons. The van der Waals surface area contributed by atoms with Gasteiger partial charge in [0.2, 0.25) is 0 Å². The van der Waals surface area contributed by atoms with Crippen molar-refractivity contribution in [1.29, 1.82) is 5.26 Å². The molecule has 0 aliphatic heterocycles. The molecular formula is C20H24N4O2. The van der Waals surface area contributed by atoms with Crippen molar-refractivity contribution in [1.82, 2.24) is 10.6 Å². The number of hydrogen-bond acceptors (Lipinski definition) is 4. The largest absolute Gasteiger partial charge is 0.497 e. The Labute approximate surface area is 154 Å². The molecule has 0 atom stereocenters. The zero-order valence-corrected chi connectivity index (χ0v) is 15.2. The van der Waals surface area contributed by atoms with E-state index < -0.39 is 0 Å². The summed E-state index contributed by atoms with van der Waals surface area (Å²) in [6.07, 6.45) is 0. The van der Waals surface area contributed by atoms with Gasteiger partial charge in [-0.05, 0) is 48.9 Å². The lowest BCUT2D eigenvalue weighted by atomic mass is 10.1. The topological polar surface area (TPSA) is 78.7 Å². The minimum absolute atomic E-state index is 0.521. The molecule has 2 N–H and O–H groups in total. The van der Waals surface area contributed by atoms with Gasteiger partial charge in [0.1, 0.15) is 18.1 Å². The highest BCUT2D eigenvalue weighted by Gasteiger charge is 1.99. The number of rotatable bonds is 8. The summed E-state index contributed by atoms with van der Waals surface area (Å²) >= 11 is 0. The van der Waals surface area contributed by atoms with Gasteiger partial charge in [0, 0.05) is 6.54 Å². The van der Waals surface area contributed by atoms with Gasteiger partial charge in [0.05, 0.1) is 31.8 Å². The van der Waals surface area contributed by atoms with Crippen LogP contribution in [0.1, 0.15) is 18.1 Å². The first-order valence-corrected chi connectivity index (χ1v) is 8.53. The highest BCUT2D eigenvalue weighted by molar-refractivity contribution is 5.79. The van der Waals surface area contributed by atoms with Crippen molar-refractivity contribution in [2.75, 3.05) is 26.8 Å². The summed E-state index contributed by atoms with van der Waals surface area (Å²) in [6, 6.07) is 17.0. The molecule has 0 bridgehead atoms. The molecule has 136 valence electrons. The number of nitrogens with zero attached hydrogens (tertiary/aromatic N) is 2. The minimum atomic E-state index is 0.521. The van der Waals surface area contributed by atoms with E-state index >= 15 is 0 Å². The fraction of sp³-hybridized carbons (Fsp3) is 0.300. The molecule has 0 fully saturated rings. The molecule has 6 heteroatoms. The Morgan fingerprint density at radius 1 is 1.04 bits per heavy atom. The van der Waals surface area contributed by atoms with Crippen molar-refractivity contribution >= 4 is 5.96 Å². The van der Waals surface area contributed by atoms with Crippen LogP contribution in [-0.2, 0) is 6.54 Å². The Morgan fingerprint density at radius 2 is 1.73 bits per heavy atom. The van der Waals surface area contributed by atoms with Gasteiger partial charge in [0.15, 0.2) is 5.96 Å². The molecule has 0 unspecified atom stereocenters. The second-order valence-corrected chi connectivity index (χ2v) is 5.45. The smallest absolute Gasteiger partial charge is 0.191 e. The van der Waals surface area contributed by atoms with Crippen LogP contribution in [0.2, 0.25) is 0 Å². The van der Waals surface area contributed by atoms with E-state index in [9.17, 15) is 0 Å². The average molecular weight is 352 g/mol. The molecule has 2 aromatic rings. The number of nitrogens with one attached hydrogen (secondary N) is 2. The maximum absolute atomic E-state index is 8.83. The summed E-state index contributed by atoms with van der Waals surface area (Å²) < 4.78 is 10.8. The molecule has 2 rings (SSSR count). The fourth-order valence-corrected chi connectivity index (χ4v) is 2.21. The molecule has 0 heterocycles. The normalized spacial score (nSPS) is 10.7. The van der Waals surface area contributed by atoms with Crippen LogP contribution in [0.3, 0.4) is 0 Å².